The molecule has 2 N–H and O–H groups in total. The van der Waals surface area contributed by atoms with Gasteiger partial charge in [-0.1, -0.05) is 26.0 Å². The van der Waals surface area contributed by atoms with Crippen molar-refractivity contribution in [3.05, 3.63) is 29.8 Å². The maximum atomic E-state index is 12.3. The normalized spacial score (nSPS) is 13.4. The van der Waals surface area contributed by atoms with Gasteiger partial charge in [0.1, 0.15) is 5.75 Å². The molecule has 6 heteroatoms. The quantitative estimate of drug-likeness (QED) is 0.840. The van der Waals surface area contributed by atoms with Gasteiger partial charge in [0.15, 0.2) is 5.78 Å². The minimum absolute atomic E-state index is 0.0588. The Morgan fingerprint density at radius 1 is 1.32 bits per heavy atom. The Morgan fingerprint density at radius 2 is 1.89 bits per heavy atom. The highest BCUT2D eigenvalue weighted by Crippen LogP contribution is 2.29. The van der Waals surface area contributed by atoms with E-state index in [2.05, 4.69) is 4.74 Å². The molecule has 0 radical (unpaired) electrons. The monoisotopic (exact) mass is 275 g/mol. The molecule has 0 saturated heterocycles. The van der Waals surface area contributed by atoms with Crippen molar-refractivity contribution in [2.45, 2.75) is 20.2 Å². The number of carbonyl (C=O) groups is 1. The third-order valence-corrected chi connectivity index (χ3v) is 2.77. The Hall–Kier alpha value is -1.56. The summed E-state index contributed by atoms with van der Waals surface area (Å²) in [6.07, 6.45) is -4.83. The number of nitrogens with two attached hydrogens (primary N) is 1. The highest BCUT2D eigenvalue weighted by Gasteiger charge is 2.34. The molecule has 0 aliphatic rings. The maximum absolute atomic E-state index is 12.3. The van der Waals surface area contributed by atoms with Gasteiger partial charge in [-0.25, -0.2) is 0 Å². The van der Waals surface area contributed by atoms with Crippen LogP contribution in [-0.2, 0) is 0 Å². The van der Waals surface area contributed by atoms with Crippen LogP contribution < -0.4 is 10.5 Å². The van der Waals surface area contributed by atoms with E-state index >= 15 is 0 Å². The molecular weight excluding hydrogens is 259 g/mol. The Kier molecular flexibility index (Phi) is 4.94. The fraction of sp³-hybridized carbons (Fsp3) is 0.462. The lowest BCUT2D eigenvalue weighted by molar-refractivity contribution is -0.274. The van der Waals surface area contributed by atoms with E-state index in [1.54, 1.807) is 13.8 Å². The molecule has 0 amide bonds. The van der Waals surface area contributed by atoms with Crippen LogP contribution in [0.4, 0.5) is 13.2 Å². The lowest BCUT2D eigenvalue weighted by Crippen LogP contribution is -2.29. The van der Waals surface area contributed by atoms with Gasteiger partial charge < -0.3 is 10.5 Å². The Labute approximate surface area is 109 Å². The van der Waals surface area contributed by atoms with E-state index in [-0.39, 0.29) is 18.0 Å². The van der Waals surface area contributed by atoms with Gasteiger partial charge in [0.25, 0.3) is 0 Å². The van der Waals surface area contributed by atoms with Gasteiger partial charge in [-0.3, -0.25) is 4.79 Å². The van der Waals surface area contributed by atoms with Gasteiger partial charge in [-0.05, 0) is 18.1 Å². The maximum Gasteiger partial charge on any atom is 0.573 e. The van der Waals surface area contributed by atoms with Crippen LogP contribution >= 0.6 is 0 Å². The van der Waals surface area contributed by atoms with Crippen molar-refractivity contribution in [3.8, 4) is 5.75 Å². The number of halogens is 3. The molecule has 1 unspecified atom stereocenters. The molecule has 0 aliphatic heterocycles. The summed E-state index contributed by atoms with van der Waals surface area (Å²) >= 11 is 0. The number of carbonyl (C=O) groups excluding carboxylic acids is 1. The molecule has 0 fully saturated rings. The van der Waals surface area contributed by atoms with E-state index in [9.17, 15) is 18.0 Å². The first-order chi connectivity index (χ1) is 8.76. The van der Waals surface area contributed by atoms with Gasteiger partial charge in [-0.15, -0.1) is 13.2 Å². The topological polar surface area (TPSA) is 52.3 Å². The van der Waals surface area contributed by atoms with Crippen molar-refractivity contribution in [2.24, 2.45) is 17.6 Å². The zero-order valence-electron chi connectivity index (χ0n) is 10.7. The fourth-order valence-electron chi connectivity index (χ4n) is 1.77. The summed E-state index contributed by atoms with van der Waals surface area (Å²) in [6.45, 7) is 3.67. The van der Waals surface area contributed by atoms with E-state index in [0.717, 1.165) is 6.07 Å². The van der Waals surface area contributed by atoms with Crippen LogP contribution in [0.2, 0.25) is 0 Å². The fourth-order valence-corrected chi connectivity index (χ4v) is 1.77. The van der Waals surface area contributed by atoms with Gasteiger partial charge in [0, 0.05) is 12.5 Å². The van der Waals surface area contributed by atoms with Crippen LogP contribution in [0.25, 0.3) is 0 Å². The van der Waals surface area contributed by atoms with Crippen LogP contribution in [0.3, 0.4) is 0 Å². The predicted octanol–water partition coefficient (Wildman–Crippen LogP) is 3.00. The molecule has 0 saturated carbocycles. The summed E-state index contributed by atoms with van der Waals surface area (Å²) in [5, 5.41) is 0. The molecule has 0 aliphatic carbocycles. The smallest absolute Gasteiger partial charge is 0.405 e. The van der Waals surface area contributed by atoms with E-state index in [0.29, 0.717) is 0 Å². The zero-order valence-corrected chi connectivity index (χ0v) is 10.7. The minimum Gasteiger partial charge on any atom is -0.405 e. The highest BCUT2D eigenvalue weighted by molar-refractivity contribution is 6.00. The van der Waals surface area contributed by atoms with Crippen LogP contribution in [-0.4, -0.2) is 18.7 Å². The third kappa shape index (κ3) is 4.24. The molecule has 1 aromatic carbocycles. The standard InChI is InChI=1S/C13H16F3NO2/c1-8(2)10(7-17)12(18)9-5-3-4-6-11(9)19-13(14,15)16/h3-6,8,10H,7,17H2,1-2H3. The summed E-state index contributed by atoms with van der Waals surface area (Å²) in [7, 11) is 0. The van der Waals surface area contributed by atoms with Crippen molar-refractivity contribution in [1.82, 2.24) is 0 Å². The highest BCUT2D eigenvalue weighted by atomic mass is 19.4. The summed E-state index contributed by atoms with van der Waals surface area (Å²) in [5.74, 6) is -1.51. The molecule has 106 valence electrons. The van der Waals surface area contributed by atoms with Crippen LogP contribution in [0, 0.1) is 11.8 Å². The summed E-state index contributed by atoms with van der Waals surface area (Å²) < 4.78 is 40.7. The largest absolute Gasteiger partial charge is 0.573 e. The summed E-state index contributed by atoms with van der Waals surface area (Å²) in [5.41, 5.74) is 5.41. The number of alkyl halides is 3. The van der Waals surface area contributed by atoms with E-state index in [1.165, 1.54) is 18.2 Å². The van der Waals surface area contributed by atoms with Gasteiger partial charge in [0.05, 0.1) is 5.56 Å². The van der Waals surface area contributed by atoms with Crippen LogP contribution in [0.5, 0.6) is 5.75 Å². The zero-order chi connectivity index (χ0) is 14.6. The van der Waals surface area contributed by atoms with Crippen molar-refractivity contribution in [1.29, 1.82) is 0 Å². The van der Waals surface area contributed by atoms with Crippen molar-refractivity contribution >= 4 is 5.78 Å². The number of rotatable bonds is 5. The number of para-hydroxylation sites is 1. The predicted molar refractivity (Wildman–Crippen MR) is 64.8 cm³/mol. The van der Waals surface area contributed by atoms with Gasteiger partial charge >= 0.3 is 6.36 Å². The Morgan fingerprint density at radius 3 is 2.37 bits per heavy atom. The molecule has 0 bridgehead atoms. The lowest BCUT2D eigenvalue weighted by atomic mass is 9.88. The lowest BCUT2D eigenvalue weighted by Gasteiger charge is -2.19. The second kappa shape index (κ2) is 6.06. The summed E-state index contributed by atoms with van der Waals surface area (Å²) in [4.78, 5) is 12.2. The first kappa shape index (κ1) is 15.5. The van der Waals surface area contributed by atoms with Crippen LogP contribution in [0.1, 0.15) is 24.2 Å². The molecule has 1 atom stereocenters. The summed E-state index contributed by atoms with van der Waals surface area (Å²) in [6, 6.07) is 5.30. The number of benzene rings is 1. The van der Waals surface area contributed by atoms with Gasteiger partial charge in [0.2, 0.25) is 0 Å². The Balaban J connectivity index is 3.09. The molecule has 1 aromatic rings. The second-order valence-electron chi connectivity index (χ2n) is 4.49. The first-order valence-electron chi connectivity index (χ1n) is 5.85. The molecule has 3 nitrogen and oxygen atoms in total. The van der Waals surface area contributed by atoms with E-state index < -0.39 is 23.8 Å². The van der Waals surface area contributed by atoms with Gasteiger partial charge in [-0.2, -0.15) is 0 Å². The van der Waals surface area contributed by atoms with Crippen molar-refractivity contribution in [3.63, 3.8) is 0 Å². The molecule has 0 aromatic heterocycles. The first-order valence-corrected chi connectivity index (χ1v) is 5.85. The number of ketones is 1. The third-order valence-electron chi connectivity index (χ3n) is 2.77. The minimum atomic E-state index is -4.83. The second-order valence-corrected chi connectivity index (χ2v) is 4.49. The number of ether oxygens (including phenoxy) is 1. The molecule has 0 heterocycles. The number of hydrogen-bond donors (Lipinski definition) is 1. The van der Waals surface area contributed by atoms with Crippen molar-refractivity contribution < 1.29 is 22.7 Å². The number of Topliss-reactive ketones (excluding diaryl/α,β-unsaturated/α-hetero) is 1. The average molecular weight is 275 g/mol. The molecule has 1 rings (SSSR count). The van der Waals surface area contributed by atoms with Crippen LogP contribution in [0.15, 0.2) is 24.3 Å². The van der Waals surface area contributed by atoms with Crippen molar-refractivity contribution in [2.75, 3.05) is 6.54 Å². The van der Waals surface area contributed by atoms with E-state index in [4.69, 9.17) is 5.73 Å². The SMILES string of the molecule is CC(C)C(CN)C(=O)c1ccccc1OC(F)(F)F. The number of hydrogen-bond acceptors (Lipinski definition) is 3. The molecule has 0 spiro atoms. The van der Waals surface area contributed by atoms with E-state index in [1.807, 2.05) is 0 Å². The molecule has 19 heavy (non-hydrogen) atoms. The molecular formula is C13H16F3NO2. The Bertz CT molecular complexity index is 444. The average Bonchev–Trinajstić information content (AvgIpc) is 2.27.